The molecule has 0 saturated heterocycles. The van der Waals surface area contributed by atoms with Gasteiger partial charge in [0, 0.05) is 35.1 Å². The molecule has 0 atom stereocenters. The molecular weight excluding hydrogens is 371 g/mol. The van der Waals surface area contributed by atoms with E-state index in [1.54, 1.807) is 12.1 Å². The first-order valence-corrected chi connectivity index (χ1v) is 10.1. The molecular formula is C19H17FN2O4S. The molecule has 5 rings (SSSR count). The second-order valence-corrected chi connectivity index (χ2v) is 8.78. The molecule has 2 aromatic carbocycles. The Morgan fingerprint density at radius 2 is 1.93 bits per heavy atom. The van der Waals surface area contributed by atoms with Crippen molar-refractivity contribution >= 4 is 20.9 Å². The fraction of sp³-hybridized carbons (Fsp3) is 0.263. The van der Waals surface area contributed by atoms with E-state index in [4.69, 9.17) is 9.47 Å². The zero-order valence-electron chi connectivity index (χ0n) is 14.3. The minimum atomic E-state index is -3.70. The number of rotatable bonds is 5. The summed E-state index contributed by atoms with van der Waals surface area (Å²) in [5.74, 6) is 0.652. The van der Waals surface area contributed by atoms with Crippen LogP contribution in [0.1, 0.15) is 18.4 Å². The first-order valence-electron chi connectivity index (χ1n) is 8.63. The van der Waals surface area contributed by atoms with E-state index in [1.807, 2.05) is 6.20 Å². The number of aromatic nitrogens is 1. The Labute approximate surface area is 155 Å². The van der Waals surface area contributed by atoms with Gasteiger partial charge in [-0.2, -0.15) is 0 Å². The number of benzene rings is 2. The summed E-state index contributed by atoms with van der Waals surface area (Å²) in [5, 5.41) is 0.801. The molecule has 1 fully saturated rings. The number of H-pyrrole nitrogens is 1. The molecule has 2 aliphatic rings. The highest BCUT2D eigenvalue weighted by Crippen LogP contribution is 2.50. The van der Waals surface area contributed by atoms with E-state index in [0.29, 0.717) is 11.5 Å². The maximum atomic E-state index is 13.7. The van der Waals surface area contributed by atoms with Crippen LogP contribution in [-0.4, -0.2) is 26.7 Å². The molecule has 2 N–H and O–H groups in total. The number of halogens is 1. The lowest BCUT2D eigenvalue weighted by Crippen LogP contribution is -2.32. The molecule has 0 amide bonds. The van der Waals surface area contributed by atoms with Crippen molar-refractivity contribution in [3.8, 4) is 11.5 Å². The minimum absolute atomic E-state index is 0.0898. The third kappa shape index (κ3) is 2.76. The van der Waals surface area contributed by atoms with Crippen LogP contribution in [0.2, 0.25) is 0 Å². The van der Waals surface area contributed by atoms with E-state index in [2.05, 4.69) is 9.71 Å². The van der Waals surface area contributed by atoms with Crippen LogP contribution in [0, 0.1) is 5.82 Å². The first kappa shape index (κ1) is 16.6. The Kier molecular flexibility index (Phi) is 3.50. The number of fused-ring (bicyclic) bond motifs is 2. The predicted octanol–water partition coefficient (Wildman–Crippen LogP) is 3.05. The van der Waals surface area contributed by atoms with Crippen LogP contribution >= 0.6 is 0 Å². The highest BCUT2D eigenvalue weighted by Gasteiger charge is 2.46. The standard InChI is InChI=1S/C19H17FN2O4S/c20-12-1-3-16-14(7-12)15(9-21-16)19(5-6-19)10-22-27(23,24)13-2-4-17-18(8-13)26-11-25-17/h1-4,7-9,21-22H,5-6,10-11H2. The van der Waals surface area contributed by atoms with Crippen molar-refractivity contribution in [2.24, 2.45) is 0 Å². The Morgan fingerprint density at radius 1 is 1.11 bits per heavy atom. The quantitative estimate of drug-likeness (QED) is 0.704. The first-order chi connectivity index (χ1) is 13.0. The van der Waals surface area contributed by atoms with E-state index in [-0.39, 0.29) is 29.5 Å². The molecule has 1 aliphatic carbocycles. The second kappa shape index (κ2) is 5.71. The number of aromatic amines is 1. The summed E-state index contributed by atoms with van der Waals surface area (Å²) >= 11 is 0. The summed E-state index contributed by atoms with van der Waals surface area (Å²) in [6.07, 6.45) is 3.55. The normalized spacial score (nSPS) is 17.4. The summed E-state index contributed by atoms with van der Waals surface area (Å²) in [5.41, 5.74) is 1.48. The molecule has 0 spiro atoms. The SMILES string of the molecule is O=S(=O)(NCC1(c2c[nH]c3ccc(F)cc23)CC1)c1ccc2c(c1)OCO2. The Bertz CT molecular complexity index is 1150. The Morgan fingerprint density at radius 3 is 2.74 bits per heavy atom. The monoisotopic (exact) mass is 388 g/mol. The average Bonchev–Trinajstić information content (AvgIpc) is 3.10. The van der Waals surface area contributed by atoms with Crippen molar-refractivity contribution in [3.63, 3.8) is 0 Å². The molecule has 3 aromatic rings. The highest BCUT2D eigenvalue weighted by atomic mass is 32.2. The lowest BCUT2D eigenvalue weighted by molar-refractivity contribution is 0.174. The number of ether oxygens (including phenoxy) is 2. The van der Waals surface area contributed by atoms with Crippen LogP contribution < -0.4 is 14.2 Å². The van der Waals surface area contributed by atoms with E-state index >= 15 is 0 Å². The third-order valence-electron chi connectivity index (χ3n) is 5.32. The van der Waals surface area contributed by atoms with Gasteiger partial charge in [-0.05, 0) is 48.7 Å². The fourth-order valence-corrected chi connectivity index (χ4v) is 4.73. The molecule has 0 unspecified atom stereocenters. The molecule has 0 radical (unpaired) electrons. The molecule has 8 heteroatoms. The maximum Gasteiger partial charge on any atom is 0.240 e. The zero-order chi connectivity index (χ0) is 18.6. The van der Waals surface area contributed by atoms with E-state index in [9.17, 15) is 12.8 Å². The fourth-order valence-electron chi connectivity index (χ4n) is 3.58. The van der Waals surface area contributed by atoms with Crippen molar-refractivity contribution in [2.45, 2.75) is 23.2 Å². The zero-order valence-corrected chi connectivity index (χ0v) is 15.1. The smallest absolute Gasteiger partial charge is 0.240 e. The lowest BCUT2D eigenvalue weighted by Gasteiger charge is -2.16. The van der Waals surface area contributed by atoms with Gasteiger partial charge in [-0.3, -0.25) is 0 Å². The van der Waals surface area contributed by atoms with Crippen molar-refractivity contribution in [1.82, 2.24) is 9.71 Å². The predicted molar refractivity (Wildman–Crippen MR) is 96.9 cm³/mol. The van der Waals surface area contributed by atoms with Crippen LogP contribution in [0.15, 0.2) is 47.5 Å². The molecule has 1 saturated carbocycles. The van der Waals surface area contributed by atoms with Gasteiger partial charge in [0.15, 0.2) is 11.5 Å². The molecule has 6 nitrogen and oxygen atoms in total. The molecule has 1 aromatic heterocycles. The van der Waals surface area contributed by atoms with Gasteiger partial charge in [-0.15, -0.1) is 0 Å². The van der Waals surface area contributed by atoms with Crippen molar-refractivity contribution in [2.75, 3.05) is 13.3 Å². The number of sulfonamides is 1. The number of hydrogen-bond donors (Lipinski definition) is 2. The van der Waals surface area contributed by atoms with Gasteiger partial charge >= 0.3 is 0 Å². The molecule has 140 valence electrons. The maximum absolute atomic E-state index is 13.7. The summed E-state index contributed by atoms with van der Waals surface area (Å²) < 4.78 is 52.3. The Balaban J connectivity index is 1.41. The Hall–Kier alpha value is -2.58. The van der Waals surface area contributed by atoms with Gasteiger partial charge in [-0.1, -0.05) is 0 Å². The molecule has 1 aliphatic heterocycles. The van der Waals surface area contributed by atoms with Crippen molar-refractivity contribution in [1.29, 1.82) is 0 Å². The van der Waals surface area contributed by atoms with Crippen LogP contribution in [0.5, 0.6) is 11.5 Å². The van der Waals surface area contributed by atoms with Gasteiger partial charge in [-0.25, -0.2) is 17.5 Å². The van der Waals surface area contributed by atoms with Crippen molar-refractivity contribution in [3.05, 3.63) is 54.0 Å². The largest absolute Gasteiger partial charge is 0.454 e. The summed E-state index contributed by atoms with van der Waals surface area (Å²) in [7, 11) is -3.70. The van der Waals surface area contributed by atoms with Gasteiger partial charge < -0.3 is 14.5 Å². The topological polar surface area (TPSA) is 80.4 Å². The molecule has 0 bridgehead atoms. The van der Waals surface area contributed by atoms with Gasteiger partial charge in [0.1, 0.15) is 5.82 Å². The van der Waals surface area contributed by atoms with E-state index in [0.717, 1.165) is 29.3 Å². The third-order valence-corrected chi connectivity index (χ3v) is 6.72. The van der Waals surface area contributed by atoms with Crippen LogP contribution in [0.25, 0.3) is 10.9 Å². The summed E-state index contributed by atoms with van der Waals surface area (Å²) in [4.78, 5) is 3.28. The molecule has 27 heavy (non-hydrogen) atoms. The average molecular weight is 388 g/mol. The lowest BCUT2D eigenvalue weighted by atomic mass is 9.96. The number of nitrogens with one attached hydrogen (secondary N) is 2. The van der Waals surface area contributed by atoms with E-state index in [1.165, 1.54) is 24.3 Å². The minimum Gasteiger partial charge on any atom is -0.454 e. The molecule has 2 heterocycles. The van der Waals surface area contributed by atoms with Crippen LogP contribution in [0.4, 0.5) is 4.39 Å². The summed E-state index contributed by atoms with van der Waals surface area (Å²) in [6.45, 7) is 0.347. The van der Waals surface area contributed by atoms with Gasteiger partial charge in [0.25, 0.3) is 0 Å². The van der Waals surface area contributed by atoms with Crippen LogP contribution in [0.3, 0.4) is 0 Å². The van der Waals surface area contributed by atoms with Gasteiger partial charge in [0.2, 0.25) is 16.8 Å². The highest BCUT2D eigenvalue weighted by molar-refractivity contribution is 7.89. The van der Waals surface area contributed by atoms with Crippen molar-refractivity contribution < 1.29 is 22.3 Å². The van der Waals surface area contributed by atoms with Gasteiger partial charge in [0.05, 0.1) is 4.90 Å². The number of hydrogen-bond acceptors (Lipinski definition) is 4. The second-order valence-electron chi connectivity index (χ2n) is 7.01. The van der Waals surface area contributed by atoms with Crippen LogP contribution in [-0.2, 0) is 15.4 Å². The van der Waals surface area contributed by atoms with E-state index < -0.39 is 10.0 Å². The summed E-state index contributed by atoms with van der Waals surface area (Å²) in [6, 6.07) is 9.15.